The molecular weight excluding hydrogens is 485 g/mol. The van der Waals surface area contributed by atoms with Gasteiger partial charge in [0.25, 0.3) is 5.91 Å². The minimum absolute atomic E-state index is 0.0273. The van der Waals surface area contributed by atoms with Crippen LogP contribution in [0.15, 0.2) is 73.2 Å². The Morgan fingerprint density at radius 1 is 1.05 bits per heavy atom. The van der Waals surface area contributed by atoms with Gasteiger partial charge in [-0.05, 0) is 55.0 Å². The fourth-order valence-electron chi connectivity index (χ4n) is 3.69. The molecule has 3 aromatic heterocycles. The Balaban J connectivity index is 1.47. The van der Waals surface area contributed by atoms with E-state index in [9.17, 15) is 18.0 Å². The van der Waals surface area contributed by atoms with Gasteiger partial charge in [-0.3, -0.25) is 14.5 Å². The number of halogens is 3. The highest BCUT2D eigenvalue weighted by molar-refractivity contribution is 6.05. The lowest BCUT2D eigenvalue weighted by Crippen LogP contribution is -2.14. The number of fused-ring (bicyclic) bond motifs is 1. The molecule has 0 atom stereocenters. The molecular formula is C26H19F3N6O2. The zero-order valence-corrected chi connectivity index (χ0v) is 19.6. The number of carbonyl (C=O) groups is 1. The van der Waals surface area contributed by atoms with Gasteiger partial charge in [-0.2, -0.15) is 23.3 Å². The highest BCUT2D eigenvalue weighted by Crippen LogP contribution is 2.32. The summed E-state index contributed by atoms with van der Waals surface area (Å²) in [6.45, 7) is 1.72. The van der Waals surface area contributed by atoms with E-state index in [4.69, 9.17) is 4.74 Å². The number of nitrogens with zero attached hydrogens (tertiary/aromatic N) is 5. The zero-order chi connectivity index (χ0) is 26.2. The van der Waals surface area contributed by atoms with Crippen molar-refractivity contribution in [1.82, 2.24) is 24.7 Å². The van der Waals surface area contributed by atoms with Crippen molar-refractivity contribution < 1.29 is 22.7 Å². The van der Waals surface area contributed by atoms with E-state index in [0.717, 1.165) is 12.1 Å². The number of carbonyl (C=O) groups excluding carboxylic acids is 1. The number of aromatic nitrogens is 5. The van der Waals surface area contributed by atoms with E-state index < -0.39 is 17.6 Å². The predicted octanol–water partition coefficient (Wildman–Crippen LogP) is 5.80. The molecule has 0 saturated heterocycles. The SMILES string of the molecule is Cc1ccc(Oc2nc(-c3cccnc3)nc3nn(C)cc23)cc1C(=O)Nc1cccc(C(F)(F)F)c1. The Kier molecular flexibility index (Phi) is 6.04. The number of anilines is 1. The maximum absolute atomic E-state index is 13.1. The quantitative estimate of drug-likeness (QED) is 0.325. The van der Waals surface area contributed by atoms with Crippen LogP contribution in [0.25, 0.3) is 22.4 Å². The molecule has 186 valence electrons. The van der Waals surface area contributed by atoms with E-state index in [1.54, 1.807) is 55.4 Å². The smallest absolute Gasteiger partial charge is 0.416 e. The fourth-order valence-corrected chi connectivity index (χ4v) is 3.69. The van der Waals surface area contributed by atoms with Crippen LogP contribution in [0.2, 0.25) is 0 Å². The molecule has 2 aromatic carbocycles. The van der Waals surface area contributed by atoms with E-state index >= 15 is 0 Å². The second-order valence-corrected chi connectivity index (χ2v) is 8.25. The van der Waals surface area contributed by atoms with Crippen molar-refractivity contribution in [2.24, 2.45) is 7.05 Å². The van der Waals surface area contributed by atoms with Gasteiger partial charge >= 0.3 is 6.18 Å². The molecule has 0 aliphatic carbocycles. The molecule has 0 aliphatic rings. The summed E-state index contributed by atoms with van der Waals surface area (Å²) in [5, 5.41) is 7.44. The highest BCUT2D eigenvalue weighted by atomic mass is 19.4. The molecule has 5 rings (SSSR count). The summed E-state index contributed by atoms with van der Waals surface area (Å²) in [5.74, 6) is 0.322. The summed E-state index contributed by atoms with van der Waals surface area (Å²) in [4.78, 5) is 26.1. The van der Waals surface area contributed by atoms with Crippen LogP contribution in [0.3, 0.4) is 0 Å². The van der Waals surface area contributed by atoms with Crippen molar-refractivity contribution in [3.63, 3.8) is 0 Å². The third-order valence-electron chi connectivity index (χ3n) is 5.49. The second kappa shape index (κ2) is 9.34. The first-order chi connectivity index (χ1) is 17.7. The zero-order valence-electron chi connectivity index (χ0n) is 19.6. The summed E-state index contributed by atoms with van der Waals surface area (Å²) in [6.07, 6.45) is 0.454. The lowest BCUT2D eigenvalue weighted by Gasteiger charge is -2.13. The van der Waals surface area contributed by atoms with Crippen LogP contribution in [0.1, 0.15) is 21.5 Å². The molecule has 1 N–H and O–H groups in total. The third kappa shape index (κ3) is 5.10. The van der Waals surface area contributed by atoms with Crippen molar-refractivity contribution in [2.45, 2.75) is 13.1 Å². The Morgan fingerprint density at radius 2 is 1.89 bits per heavy atom. The number of aryl methyl sites for hydroxylation is 2. The number of hydrogen-bond acceptors (Lipinski definition) is 6. The molecule has 5 aromatic rings. The average molecular weight is 504 g/mol. The molecule has 0 aliphatic heterocycles. The van der Waals surface area contributed by atoms with Crippen LogP contribution in [0.5, 0.6) is 11.6 Å². The number of alkyl halides is 3. The van der Waals surface area contributed by atoms with Gasteiger partial charge in [-0.15, -0.1) is 0 Å². The number of benzene rings is 2. The van der Waals surface area contributed by atoms with Gasteiger partial charge < -0.3 is 10.1 Å². The summed E-state index contributed by atoms with van der Waals surface area (Å²) < 4.78 is 46.8. The lowest BCUT2D eigenvalue weighted by atomic mass is 10.1. The minimum atomic E-state index is -4.52. The average Bonchev–Trinajstić information content (AvgIpc) is 3.26. The molecule has 0 saturated carbocycles. The number of amides is 1. The summed E-state index contributed by atoms with van der Waals surface area (Å²) in [5.41, 5.74) is 1.11. The minimum Gasteiger partial charge on any atom is -0.438 e. The molecule has 8 nitrogen and oxygen atoms in total. The van der Waals surface area contributed by atoms with E-state index in [1.807, 2.05) is 6.07 Å². The topological polar surface area (TPSA) is 94.8 Å². The van der Waals surface area contributed by atoms with Gasteiger partial charge in [-0.25, -0.2) is 4.98 Å². The van der Waals surface area contributed by atoms with Gasteiger partial charge in [0.2, 0.25) is 5.88 Å². The first-order valence-electron chi connectivity index (χ1n) is 11.1. The van der Waals surface area contributed by atoms with Crippen LogP contribution in [0.4, 0.5) is 18.9 Å². The number of hydrogen-bond donors (Lipinski definition) is 1. The summed E-state index contributed by atoms with van der Waals surface area (Å²) in [7, 11) is 1.75. The van der Waals surface area contributed by atoms with Crippen molar-refractivity contribution in [3.05, 3.63) is 89.9 Å². The van der Waals surface area contributed by atoms with Crippen molar-refractivity contribution >= 4 is 22.6 Å². The van der Waals surface area contributed by atoms with Gasteiger partial charge in [0.1, 0.15) is 11.1 Å². The van der Waals surface area contributed by atoms with Crippen LogP contribution in [-0.4, -0.2) is 30.6 Å². The first-order valence-corrected chi connectivity index (χ1v) is 11.1. The van der Waals surface area contributed by atoms with Crippen molar-refractivity contribution in [1.29, 1.82) is 0 Å². The molecule has 0 spiro atoms. The van der Waals surface area contributed by atoms with Crippen LogP contribution < -0.4 is 10.1 Å². The number of ether oxygens (including phenoxy) is 1. The highest BCUT2D eigenvalue weighted by Gasteiger charge is 2.30. The van der Waals surface area contributed by atoms with Crippen LogP contribution in [-0.2, 0) is 13.2 Å². The molecule has 11 heteroatoms. The molecule has 0 unspecified atom stereocenters. The predicted molar refractivity (Wildman–Crippen MR) is 130 cm³/mol. The van der Waals surface area contributed by atoms with Crippen molar-refractivity contribution in [2.75, 3.05) is 5.32 Å². The normalized spacial score (nSPS) is 11.5. The molecule has 0 bridgehead atoms. The van der Waals surface area contributed by atoms with E-state index in [-0.39, 0.29) is 17.1 Å². The Labute approximate surface area is 208 Å². The molecule has 0 fully saturated rings. The largest absolute Gasteiger partial charge is 0.438 e. The van der Waals surface area contributed by atoms with Gasteiger partial charge in [0.05, 0.1) is 5.56 Å². The standard InChI is InChI=1S/C26H19F3N6O2/c1-15-8-9-19(12-20(15)24(36)31-18-7-3-6-17(11-18)26(27,28)29)37-25-21-14-35(2)34-23(21)32-22(33-25)16-5-4-10-30-13-16/h3-14H,1-2H3,(H,31,36). The fraction of sp³-hybridized carbons (Fsp3) is 0.115. The van der Waals surface area contributed by atoms with Crippen LogP contribution >= 0.6 is 0 Å². The van der Waals surface area contributed by atoms with Gasteiger partial charge in [-0.1, -0.05) is 12.1 Å². The number of nitrogens with one attached hydrogen (secondary N) is 1. The molecule has 3 heterocycles. The maximum Gasteiger partial charge on any atom is 0.416 e. The summed E-state index contributed by atoms with van der Waals surface area (Å²) in [6, 6.07) is 12.9. The van der Waals surface area contributed by atoms with E-state index in [0.29, 0.717) is 33.7 Å². The van der Waals surface area contributed by atoms with Gasteiger partial charge in [0, 0.05) is 42.5 Å². The van der Waals surface area contributed by atoms with E-state index in [2.05, 4.69) is 25.4 Å². The number of rotatable bonds is 5. The van der Waals surface area contributed by atoms with Crippen molar-refractivity contribution in [3.8, 4) is 23.0 Å². The lowest BCUT2D eigenvalue weighted by molar-refractivity contribution is -0.137. The van der Waals surface area contributed by atoms with Crippen LogP contribution in [0, 0.1) is 6.92 Å². The Bertz CT molecular complexity index is 1620. The Hall–Kier alpha value is -4.80. The van der Waals surface area contributed by atoms with E-state index in [1.165, 1.54) is 18.2 Å². The second-order valence-electron chi connectivity index (χ2n) is 8.25. The number of pyridine rings is 1. The Morgan fingerprint density at radius 3 is 2.65 bits per heavy atom. The monoisotopic (exact) mass is 504 g/mol. The molecule has 0 radical (unpaired) electrons. The molecule has 1 amide bonds. The summed E-state index contributed by atoms with van der Waals surface area (Å²) >= 11 is 0. The van der Waals surface area contributed by atoms with Gasteiger partial charge in [0.15, 0.2) is 11.5 Å². The third-order valence-corrected chi connectivity index (χ3v) is 5.49. The maximum atomic E-state index is 13.1. The first kappa shape index (κ1) is 23.9. The molecule has 37 heavy (non-hydrogen) atoms.